The van der Waals surface area contributed by atoms with E-state index in [0.717, 1.165) is 20.8 Å². The summed E-state index contributed by atoms with van der Waals surface area (Å²) in [7, 11) is 0.922. The Hall–Kier alpha value is 0.350. The van der Waals surface area contributed by atoms with Crippen molar-refractivity contribution in [3.8, 4) is 0 Å². The average molecular weight is 176 g/mol. The molecule has 4 atom stereocenters. The quantitative estimate of drug-likeness (QED) is 0.527. The lowest BCUT2D eigenvalue weighted by Crippen LogP contribution is -2.23. The van der Waals surface area contributed by atoms with E-state index < -0.39 is 0 Å². The van der Waals surface area contributed by atoms with Crippen molar-refractivity contribution in [2.24, 2.45) is 0 Å². The van der Waals surface area contributed by atoms with Crippen LogP contribution in [0, 0.1) is 0 Å². The summed E-state index contributed by atoms with van der Waals surface area (Å²) in [5.41, 5.74) is 0.762. The van der Waals surface area contributed by atoms with Gasteiger partial charge in [0.05, 0.1) is 12.5 Å². The lowest BCUT2D eigenvalue weighted by atomic mass is 10.3. The Morgan fingerprint density at radius 3 is 2.73 bits per heavy atom. The molecule has 2 nitrogen and oxygen atoms in total. The molecular weight excluding hydrogens is 159 g/mol. The van der Waals surface area contributed by atoms with E-state index in [1.165, 1.54) is 6.42 Å². The highest BCUT2D eigenvalue weighted by atomic mass is 31.1. The third-order valence-corrected chi connectivity index (χ3v) is 3.28. The zero-order valence-corrected chi connectivity index (χ0v) is 8.46. The van der Waals surface area contributed by atoms with E-state index >= 15 is 0 Å². The molecule has 0 spiro atoms. The predicted octanol–water partition coefficient (Wildman–Crippen LogP) is 2.18. The van der Waals surface area contributed by atoms with Crippen molar-refractivity contribution in [2.45, 2.75) is 45.0 Å². The molecule has 1 heterocycles. The molecule has 0 bridgehead atoms. The largest absolute Gasteiger partial charge is 0.353 e. The van der Waals surface area contributed by atoms with Crippen molar-refractivity contribution in [1.82, 2.24) is 0 Å². The first-order valence-corrected chi connectivity index (χ1v) is 5.37. The van der Waals surface area contributed by atoms with Gasteiger partial charge in [-0.3, -0.25) is 0 Å². The van der Waals surface area contributed by atoms with Gasteiger partial charge in [0.15, 0.2) is 6.29 Å². The first kappa shape index (κ1) is 9.44. The van der Waals surface area contributed by atoms with E-state index in [2.05, 4.69) is 13.8 Å². The summed E-state index contributed by atoms with van der Waals surface area (Å²) in [6.07, 6.45) is 1.17. The predicted molar refractivity (Wildman–Crippen MR) is 48.4 cm³/mol. The molecule has 0 amide bonds. The molecule has 0 saturated carbocycles. The minimum Gasteiger partial charge on any atom is -0.353 e. The number of hydrogen-bond donors (Lipinski definition) is 0. The van der Waals surface area contributed by atoms with Crippen LogP contribution in [0.1, 0.15) is 27.2 Å². The summed E-state index contributed by atoms with van der Waals surface area (Å²) in [4.78, 5) is 0. The summed E-state index contributed by atoms with van der Waals surface area (Å²) in [6.45, 7) is 7.21. The van der Waals surface area contributed by atoms with Crippen LogP contribution in [0.2, 0.25) is 0 Å². The summed E-state index contributed by atoms with van der Waals surface area (Å²) >= 11 is 0. The molecule has 0 N–H and O–H groups in total. The van der Waals surface area contributed by atoms with Crippen LogP contribution >= 0.6 is 8.58 Å². The van der Waals surface area contributed by atoms with Crippen LogP contribution in [0.5, 0.6) is 0 Å². The number of ether oxygens (including phenoxy) is 2. The molecule has 3 heteroatoms. The van der Waals surface area contributed by atoms with E-state index in [-0.39, 0.29) is 6.29 Å². The Morgan fingerprint density at radius 2 is 2.00 bits per heavy atom. The van der Waals surface area contributed by atoms with Crippen molar-refractivity contribution in [3.05, 3.63) is 0 Å². The molecular formula is C8H17O2P. The van der Waals surface area contributed by atoms with Gasteiger partial charge >= 0.3 is 0 Å². The molecule has 0 aromatic carbocycles. The average Bonchev–Trinajstić information content (AvgIpc) is 1.83. The van der Waals surface area contributed by atoms with Crippen molar-refractivity contribution in [3.63, 3.8) is 0 Å². The fourth-order valence-corrected chi connectivity index (χ4v) is 2.62. The highest BCUT2D eigenvalue weighted by Gasteiger charge is 2.15. The van der Waals surface area contributed by atoms with Gasteiger partial charge in [0.25, 0.3) is 0 Å². The molecule has 0 aromatic rings. The second kappa shape index (κ2) is 4.39. The van der Waals surface area contributed by atoms with Crippen LogP contribution in [-0.4, -0.2) is 24.4 Å². The number of rotatable bonds is 0. The Kier molecular flexibility index (Phi) is 3.77. The summed E-state index contributed by atoms with van der Waals surface area (Å²) in [6, 6.07) is 0. The highest BCUT2D eigenvalue weighted by Crippen LogP contribution is 2.30. The van der Waals surface area contributed by atoms with E-state index in [0.29, 0.717) is 5.85 Å². The maximum Gasteiger partial charge on any atom is 0.155 e. The van der Waals surface area contributed by atoms with Crippen LogP contribution in [-0.2, 0) is 9.47 Å². The second-order valence-electron chi connectivity index (χ2n) is 3.07. The van der Waals surface area contributed by atoms with Crippen molar-refractivity contribution < 1.29 is 9.47 Å². The van der Waals surface area contributed by atoms with Gasteiger partial charge in [-0.05, 0) is 25.9 Å². The zero-order valence-electron chi connectivity index (χ0n) is 7.46. The first-order valence-electron chi connectivity index (χ1n) is 4.21. The highest BCUT2D eigenvalue weighted by molar-refractivity contribution is 7.39. The minimum absolute atomic E-state index is 0.00926. The summed E-state index contributed by atoms with van der Waals surface area (Å²) < 4.78 is 11.0. The second-order valence-corrected chi connectivity index (χ2v) is 5.21. The standard InChI is InChI=1S/C8H17O2P/c1-6-4-5-9-7(2)10-8(3)11-6/h6-8,11H,4-5H2,1-3H3. The zero-order chi connectivity index (χ0) is 8.27. The smallest absolute Gasteiger partial charge is 0.155 e. The van der Waals surface area contributed by atoms with Gasteiger partial charge in [0, 0.05) is 0 Å². The molecule has 1 saturated heterocycles. The number of hydrogen-bond acceptors (Lipinski definition) is 2. The Morgan fingerprint density at radius 1 is 1.27 bits per heavy atom. The molecule has 66 valence electrons. The third kappa shape index (κ3) is 3.50. The molecule has 1 rings (SSSR count). The van der Waals surface area contributed by atoms with Gasteiger partial charge in [-0.1, -0.05) is 15.5 Å². The molecule has 0 aromatic heterocycles. The topological polar surface area (TPSA) is 18.5 Å². The lowest BCUT2D eigenvalue weighted by Gasteiger charge is -2.26. The van der Waals surface area contributed by atoms with Crippen LogP contribution in [0.15, 0.2) is 0 Å². The van der Waals surface area contributed by atoms with Crippen LogP contribution in [0.25, 0.3) is 0 Å². The summed E-state index contributed by atoms with van der Waals surface area (Å²) in [5, 5.41) is 0. The van der Waals surface area contributed by atoms with Crippen LogP contribution in [0.4, 0.5) is 0 Å². The van der Waals surface area contributed by atoms with Crippen molar-refractivity contribution in [2.75, 3.05) is 6.61 Å². The SMILES string of the molecule is CC1OCCC(C)PC(C)O1. The minimum atomic E-state index is -0.00926. The molecule has 1 aliphatic heterocycles. The first-order chi connectivity index (χ1) is 5.18. The Labute approximate surface area is 70.4 Å². The van der Waals surface area contributed by atoms with Crippen LogP contribution in [0.3, 0.4) is 0 Å². The monoisotopic (exact) mass is 176 g/mol. The molecule has 0 aliphatic carbocycles. The maximum atomic E-state index is 5.55. The van der Waals surface area contributed by atoms with Crippen molar-refractivity contribution in [1.29, 1.82) is 0 Å². The lowest BCUT2D eigenvalue weighted by molar-refractivity contribution is -0.139. The fourth-order valence-electron chi connectivity index (χ4n) is 1.26. The molecule has 4 unspecified atom stereocenters. The van der Waals surface area contributed by atoms with E-state index in [9.17, 15) is 0 Å². The van der Waals surface area contributed by atoms with E-state index in [4.69, 9.17) is 9.47 Å². The molecule has 1 fully saturated rings. The fraction of sp³-hybridized carbons (Fsp3) is 1.00. The van der Waals surface area contributed by atoms with Crippen LogP contribution < -0.4 is 0 Å². The van der Waals surface area contributed by atoms with E-state index in [1.54, 1.807) is 0 Å². The molecule has 0 radical (unpaired) electrons. The Balaban J connectivity index is 2.34. The van der Waals surface area contributed by atoms with Gasteiger partial charge < -0.3 is 9.47 Å². The molecule has 1 aliphatic rings. The maximum absolute atomic E-state index is 5.55. The normalized spacial score (nSPS) is 43.4. The third-order valence-electron chi connectivity index (χ3n) is 1.82. The van der Waals surface area contributed by atoms with E-state index in [1.807, 2.05) is 6.92 Å². The van der Waals surface area contributed by atoms with Gasteiger partial charge in [0.1, 0.15) is 0 Å². The molecule has 11 heavy (non-hydrogen) atoms. The van der Waals surface area contributed by atoms with Crippen molar-refractivity contribution >= 4 is 8.58 Å². The van der Waals surface area contributed by atoms with Gasteiger partial charge in [-0.25, -0.2) is 0 Å². The van der Waals surface area contributed by atoms with Gasteiger partial charge in [0.2, 0.25) is 0 Å². The van der Waals surface area contributed by atoms with Gasteiger partial charge in [-0.2, -0.15) is 0 Å². The van der Waals surface area contributed by atoms with Gasteiger partial charge in [-0.15, -0.1) is 0 Å². The Bertz CT molecular complexity index is 107. The summed E-state index contributed by atoms with van der Waals surface area (Å²) in [5.74, 6) is 0.375.